The van der Waals surface area contributed by atoms with Crippen molar-refractivity contribution in [1.82, 2.24) is 4.90 Å². The molecule has 1 atom stereocenters. The van der Waals surface area contributed by atoms with Gasteiger partial charge in [-0.05, 0) is 48.9 Å². The lowest BCUT2D eigenvalue weighted by atomic mass is 10.1. The topological polar surface area (TPSA) is 75.4 Å². The van der Waals surface area contributed by atoms with Crippen molar-refractivity contribution in [2.45, 2.75) is 13.0 Å². The molecule has 1 aromatic heterocycles. The Balaban J connectivity index is 1.26. The molecule has 0 saturated carbocycles. The number of anilines is 1. The molecular formula is C24H28N2O5. The summed E-state index contributed by atoms with van der Waals surface area (Å²) in [6, 6.07) is 15.0. The third-order valence-corrected chi connectivity index (χ3v) is 5.64. The van der Waals surface area contributed by atoms with Crippen LogP contribution in [0, 0.1) is 6.92 Å². The Bertz CT molecular complexity index is 1070. The van der Waals surface area contributed by atoms with Crippen molar-refractivity contribution in [2.75, 3.05) is 51.3 Å². The molecule has 1 fully saturated rings. The van der Waals surface area contributed by atoms with Crippen LogP contribution in [-0.4, -0.2) is 62.6 Å². The molecule has 7 nitrogen and oxygen atoms in total. The Hall–Kier alpha value is -3.03. The molecule has 1 N–H and O–H groups in total. The SMILES string of the molecule is COc1ccc(N2CCN(C[C@H](O)COc3ccc4c(C)cc(=O)oc4c3)CC2)cc1. The quantitative estimate of drug-likeness (QED) is 0.585. The van der Waals surface area contributed by atoms with Gasteiger partial charge in [0.2, 0.25) is 0 Å². The van der Waals surface area contributed by atoms with Crippen LogP contribution in [0.1, 0.15) is 5.56 Å². The lowest BCUT2D eigenvalue weighted by Crippen LogP contribution is -2.49. The Morgan fingerprint density at radius 1 is 1.03 bits per heavy atom. The Kier molecular flexibility index (Phi) is 6.44. The van der Waals surface area contributed by atoms with Crippen molar-refractivity contribution >= 4 is 16.7 Å². The molecule has 0 amide bonds. The minimum Gasteiger partial charge on any atom is -0.497 e. The minimum absolute atomic E-state index is 0.181. The fourth-order valence-electron chi connectivity index (χ4n) is 3.92. The lowest BCUT2D eigenvalue weighted by molar-refractivity contribution is 0.0663. The molecule has 3 aromatic rings. The highest BCUT2D eigenvalue weighted by molar-refractivity contribution is 5.81. The number of aryl methyl sites for hydroxylation is 1. The number of piperazine rings is 1. The molecular weight excluding hydrogens is 396 g/mol. The number of hydrogen-bond donors (Lipinski definition) is 1. The van der Waals surface area contributed by atoms with Gasteiger partial charge < -0.3 is 23.9 Å². The van der Waals surface area contributed by atoms with Crippen LogP contribution >= 0.6 is 0 Å². The van der Waals surface area contributed by atoms with Gasteiger partial charge in [0.25, 0.3) is 0 Å². The zero-order valence-electron chi connectivity index (χ0n) is 17.9. The molecule has 2 aromatic carbocycles. The number of benzene rings is 2. The van der Waals surface area contributed by atoms with E-state index < -0.39 is 6.10 Å². The summed E-state index contributed by atoms with van der Waals surface area (Å²) in [6.07, 6.45) is -0.604. The van der Waals surface area contributed by atoms with E-state index >= 15 is 0 Å². The van der Waals surface area contributed by atoms with Gasteiger partial charge >= 0.3 is 5.63 Å². The van der Waals surface area contributed by atoms with E-state index in [2.05, 4.69) is 21.9 Å². The average molecular weight is 424 g/mol. The summed E-state index contributed by atoms with van der Waals surface area (Å²) in [6.45, 7) is 6.18. The van der Waals surface area contributed by atoms with Gasteiger partial charge in [-0.25, -0.2) is 4.79 Å². The smallest absolute Gasteiger partial charge is 0.336 e. The van der Waals surface area contributed by atoms with E-state index in [4.69, 9.17) is 13.9 Å². The molecule has 7 heteroatoms. The van der Waals surface area contributed by atoms with Crippen LogP contribution in [-0.2, 0) is 0 Å². The van der Waals surface area contributed by atoms with Crippen LogP contribution in [0.3, 0.4) is 0 Å². The Morgan fingerprint density at radius 3 is 2.45 bits per heavy atom. The lowest BCUT2D eigenvalue weighted by Gasteiger charge is -2.36. The number of hydrogen-bond acceptors (Lipinski definition) is 7. The zero-order chi connectivity index (χ0) is 21.8. The zero-order valence-corrected chi connectivity index (χ0v) is 17.9. The van der Waals surface area contributed by atoms with Crippen LogP contribution in [0.25, 0.3) is 11.0 Å². The van der Waals surface area contributed by atoms with Crippen LogP contribution in [0.2, 0.25) is 0 Å². The van der Waals surface area contributed by atoms with E-state index in [1.54, 1.807) is 13.2 Å². The average Bonchev–Trinajstić information content (AvgIpc) is 2.78. The fourth-order valence-corrected chi connectivity index (χ4v) is 3.92. The van der Waals surface area contributed by atoms with E-state index in [1.165, 1.54) is 11.8 Å². The number of nitrogens with zero attached hydrogens (tertiary/aromatic N) is 2. The molecule has 164 valence electrons. The molecule has 0 bridgehead atoms. The van der Waals surface area contributed by atoms with Crippen LogP contribution in [0.4, 0.5) is 5.69 Å². The molecule has 4 rings (SSSR count). The van der Waals surface area contributed by atoms with Crippen molar-refractivity contribution in [3.8, 4) is 11.5 Å². The summed E-state index contributed by atoms with van der Waals surface area (Å²) in [5.74, 6) is 1.43. The summed E-state index contributed by atoms with van der Waals surface area (Å²) in [4.78, 5) is 16.2. The number of aliphatic hydroxyl groups excluding tert-OH is 1. The van der Waals surface area contributed by atoms with Gasteiger partial charge in [0, 0.05) is 55.9 Å². The second kappa shape index (κ2) is 9.41. The molecule has 2 heterocycles. The molecule has 1 aliphatic rings. The van der Waals surface area contributed by atoms with E-state index in [9.17, 15) is 9.90 Å². The summed E-state index contributed by atoms with van der Waals surface area (Å²) in [7, 11) is 1.67. The van der Waals surface area contributed by atoms with Crippen molar-refractivity contribution in [1.29, 1.82) is 0 Å². The minimum atomic E-state index is -0.604. The standard InChI is InChI=1S/C24H28N2O5/c1-17-13-24(28)31-23-14-21(7-8-22(17)23)30-16-19(27)15-25-9-11-26(12-10-25)18-3-5-20(29-2)6-4-18/h3-8,13-14,19,27H,9-12,15-16H2,1-2H3/t19-/m0/s1. The van der Waals surface area contributed by atoms with E-state index in [-0.39, 0.29) is 12.2 Å². The molecule has 0 unspecified atom stereocenters. The molecule has 1 aliphatic heterocycles. The number of rotatable bonds is 7. The van der Waals surface area contributed by atoms with Gasteiger partial charge in [-0.1, -0.05) is 0 Å². The van der Waals surface area contributed by atoms with E-state index in [1.807, 2.05) is 31.2 Å². The Morgan fingerprint density at radius 2 is 1.74 bits per heavy atom. The first-order chi connectivity index (χ1) is 15.0. The monoisotopic (exact) mass is 424 g/mol. The first-order valence-electron chi connectivity index (χ1n) is 10.5. The summed E-state index contributed by atoms with van der Waals surface area (Å²) in [5, 5.41) is 11.3. The van der Waals surface area contributed by atoms with Crippen LogP contribution < -0.4 is 20.0 Å². The van der Waals surface area contributed by atoms with Gasteiger partial charge in [-0.15, -0.1) is 0 Å². The van der Waals surface area contributed by atoms with Crippen molar-refractivity contribution < 1.29 is 19.0 Å². The number of methoxy groups -OCH3 is 1. The summed E-state index contributed by atoms with van der Waals surface area (Å²) in [5.41, 5.74) is 2.16. The number of ether oxygens (including phenoxy) is 2. The highest BCUT2D eigenvalue weighted by Gasteiger charge is 2.20. The highest BCUT2D eigenvalue weighted by atomic mass is 16.5. The van der Waals surface area contributed by atoms with Crippen molar-refractivity contribution in [3.05, 3.63) is 64.5 Å². The molecule has 0 radical (unpaired) electrons. The predicted octanol–water partition coefficient (Wildman–Crippen LogP) is 2.67. The first-order valence-corrected chi connectivity index (χ1v) is 10.5. The molecule has 0 aliphatic carbocycles. The summed E-state index contributed by atoms with van der Waals surface area (Å²) >= 11 is 0. The first kappa shape index (κ1) is 21.2. The second-order valence-electron chi connectivity index (χ2n) is 7.86. The molecule has 31 heavy (non-hydrogen) atoms. The maximum atomic E-state index is 11.6. The van der Waals surface area contributed by atoms with Gasteiger partial charge in [0.15, 0.2) is 0 Å². The van der Waals surface area contributed by atoms with Crippen LogP contribution in [0.15, 0.2) is 57.7 Å². The Labute approximate surface area is 181 Å². The molecule has 1 saturated heterocycles. The predicted molar refractivity (Wildman–Crippen MR) is 120 cm³/mol. The normalized spacial score (nSPS) is 15.8. The van der Waals surface area contributed by atoms with Crippen molar-refractivity contribution in [3.63, 3.8) is 0 Å². The van der Waals surface area contributed by atoms with Gasteiger partial charge in [-0.3, -0.25) is 4.90 Å². The van der Waals surface area contributed by atoms with Crippen molar-refractivity contribution in [2.24, 2.45) is 0 Å². The largest absolute Gasteiger partial charge is 0.497 e. The number of aliphatic hydroxyl groups is 1. The van der Waals surface area contributed by atoms with Crippen LogP contribution in [0.5, 0.6) is 11.5 Å². The maximum Gasteiger partial charge on any atom is 0.336 e. The number of fused-ring (bicyclic) bond motifs is 1. The fraction of sp³-hybridized carbons (Fsp3) is 0.375. The third-order valence-electron chi connectivity index (χ3n) is 5.64. The van der Waals surface area contributed by atoms with Gasteiger partial charge in [0.05, 0.1) is 7.11 Å². The second-order valence-corrected chi connectivity index (χ2v) is 7.86. The maximum absolute atomic E-state index is 11.6. The van der Waals surface area contributed by atoms with E-state index in [0.29, 0.717) is 17.9 Å². The molecule has 0 spiro atoms. The van der Waals surface area contributed by atoms with E-state index in [0.717, 1.165) is 42.9 Å². The highest BCUT2D eigenvalue weighted by Crippen LogP contribution is 2.23. The number of β-amino-alcohol motifs (C(OH)–C–C–N with tert-alkyl or cyclic N) is 1. The van der Waals surface area contributed by atoms with Gasteiger partial charge in [-0.2, -0.15) is 0 Å². The summed E-state index contributed by atoms with van der Waals surface area (Å²) < 4.78 is 16.2. The van der Waals surface area contributed by atoms with Gasteiger partial charge in [0.1, 0.15) is 29.8 Å². The third kappa shape index (κ3) is 5.18.